The van der Waals surface area contributed by atoms with Gasteiger partial charge in [-0.15, -0.1) is 11.3 Å². The number of hydrogen-bond acceptors (Lipinski definition) is 4. The van der Waals surface area contributed by atoms with Crippen LogP contribution in [0.2, 0.25) is 5.02 Å². The lowest BCUT2D eigenvalue weighted by Gasteiger charge is -2.33. The number of ether oxygens (including phenoxy) is 1. The third-order valence-electron chi connectivity index (χ3n) is 3.77. The molecule has 0 N–H and O–H groups in total. The monoisotopic (exact) mass is 336 g/mol. The van der Waals surface area contributed by atoms with E-state index in [1.54, 1.807) is 5.51 Å². The van der Waals surface area contributed by atoms with Crippen LogP contribution in [-0.4, -0.2) is 41.6 Å². The number of benzene rings is 1. The first-order valence-electron chi connectivity index (χ1n) is 7.19. The van der Waals surface area contributed by atoms with Gasteiger partial charge in [0.15, 0.2) is 0 Å². The van der Waals surface area contributed by atoms with Crippen LogP contribution in [0.3, 0.4) is 0 Å². The van der Waals surface area contributed by atoms with Gasteiger partial charge < -0.3 is 9.64 Å². The molecule has 1 aliphatic heterocycles. The molecule has 0 bridgehead atoms. The van der Waals surface area contributed by atoms with Crippen LogP contribution in [0.5, 0.6) is 0 Å². The largest absolute Gasteiger partial charge is 0.374 e. The van der Waals surface area contributed by atoms with E-state index in [2.05, 4.69) is 4.98 Å². The summed E-state index contributed by atoms with van der Waals surface area (Å²) >= 11 is 7.60. The summed E-state index contributed by atoms with van der Waals surface area (Å²) in [5.41, 5.74) is 3.56. The Hall–Kier alpha value is -1.43. The zero-order chi connectivity index (χ0) is 15.5. The first-order valence-corrected chi connectivity index (χ1v) is 8.45. The van der Waals surface area contributed by atoms with Gasteiger partial charge >= 0.3 is 0 Å². The second kappa shape index (κ2) is 6.77. The Balaban J connectivity index is 1.68. The van der Waals surface area contributed by atoms with E-state index < -0.39 is 0 Å². The molecule has 0 aliphatic carbocycles. The zero-order valence-electron chi connectivity index (χ0n) is 12.3. The SMILES string of the molecule is Cc1ncsc1C(=O)N1CCO[C@@H](Cc2ccccc2Cl)C1. The molecule has 2 aromatic rings. The molecule has 1 amide bonds. The minimum atomic E-state index is -0.0224. The van der Waals surface area contributed by atoms with Crippen molar-refractivity contribution in [3.05, 3.63) is 50.9 Å². The third-order valence-corrected chi connectivity index (χ3v) is 5.06. The van der Waals surface area contributed by atoms with Crippen LogP contribution in [0.25, 0.3) is 0 Å². The summed E-state index contributed by atoms with van der Waals surface area (Å²) in [4.78, 5) is 19.3. The Morgan fingerprint density at radius 2 is 2.32 bits per heavy atom. The van der Waals surface area contributed by atoms with Crippen molar-refractivity contribution >= 4 is 28.8 Å². The highest BCUT2D eigenvalue weighted by Gasteiger charge is 2.27. The minimum absolute atomic E-state index is 0.0224. The summed E-state index contributed by atoms with van der Waals surface area (Å²) in [5, 5.41) is 0.743. The van der Waals surface area contributed by atoms with Gasteiger partial charge in [-0.05, 0) is 18.6 Å². The maximum absolute atomic E-state index is 12.6. The van der Waals surface area contributed by atoms with Crippen LogP contribution in [-0.2, 0) is 11.2 Å². The molecule has 1 fully saturated rings. The molecule has 0 unspecified atom stereocenters. The molecule has 4 nitrogen and oxygen atoms in total. The number of amides is 1. The van der Waals surface area contributed by atoms with Crippen molar-refractivity contribution in [3.8, 4) is 0 Å². The van der Waals surface area contributed by atoms with Gasteiger partial charge in [-0.2, -0.15) is 0 Å². The highest BCUT2D eigenvalue weighted by atomic mass is 35.5. The zero-order valence-corrected chi connectivity index (χ0v) is 13.9. The fraction of sp³-hybridized carbons (Fsp3) is 0.375. The first kappa shape index (κ1) is 15.5. The number of nitrogens with zero attached hydrogens (tertiary/aromatic N) is 2. The van der Waals surface area contributed by atoms with E-state index >= 15 is 0 Å². The van der Waals surface area contributed by atoms with Gasteiger partial charge in [0.2, 0.25) is 0 Å². The quantitative estimate of drug-likeness (QED) is 0.864. The van der Waals surface area contributed by atoms with Crippen molar-refractivity contribution in [2.45, 2.75) is 19.4 Å². The number of halogens is 1. The van der Waals surface area contributed by atoms with Gasteiger partial charge in [-0.1, -0.05) is 29.8 Å². The fourth-order valence-corrected chi connectivity index (χ4v) is 3.57. The molecular weight excluding hydrogens is 320 g/mol. The van der Waals surface area contributed by atoms with Crippen LogP contribution in [0.1, 0.15) is 20.9 Å². The van der Waals surface area contributed by atoms with E-state index in [1.807, 2.05) is 36.1 Å². The van der Waals surface area contributed by atoms with E-state index in [0.717, 1.165) is 21.2 Å². The minimum Gasteiger partial charge on any atom is -0.374 e. The standard InChI is InChI=1S/C16H17ClN2O2S/c1-11-15(22-10-18-11)16(20)19-6-7-21-13(9-19)8-12-4-2-3-5-14(12)17/h2-5,10,13H,6-9H2,1H3/t13-/m0/s1. The number of aryl methyl sites for hydroxylation is 1. The molecule has 2 heterocycles. The van der Waals surface area contributed by atoms with E-state index in [4.69, 9.17) is 16.3 Å². The molecule has 6 heteroatoms. The number of morpholine rings is 1. The van der Waals surface area contributed by atoms with Crippen molar-refractivity contribution in [1.29, 1.82) is 0 Å². The molecule has 1 aliphatic rings. The lowest BCUT2D eigenvalue weighted by atomic mass is 10.1. The Morgan fingerprint density at radius 3 is 3.05 bits per heavy atom. The topological polar surface area (TPSA) is 42.4 Å². The van der Waals surface area contributed by atoms with Gasteiger partial charge in [0.05, 0.1) is 23.9 Å². The molecule has 1 saturated heterocycles. The number of thiazole rings is 1. The molecule has 1 aromatic heterocycles. The molecule has 0 saturated carbocycles. The van der Waals surface area contributed by atoms with Gasteiger partial charge in [0, 0.05) is 24.5 Å². The number of aromatic nitrogens is 1. The Bertz CT molecular complexity index is 674. The van der Waals surface area contributed by atoms with Gasteiger partial charge in [-0.25, -0.2) is 4.98 Å². The average Bonchev–Trinajstić information content (AvgIpc) is 2.95. The summed E-state index contributed by atoms with van der Waals surface area (Å²) in [6, 6.07) is 7.76. The van der Waals surface area contributed by atoms with Crippen LogP contribution in [0.15, 0.2) is 29.8 Å². The molecule has 22 heavy (non-hydrogen) atoms. The normalized spacial score (nSPS) is 18.5. The molecule has 0 radical (unpaired) electrons. The molecule has 0 spiro atoms. The van der Waals surface area contributed by atoms with E-state index in [1.165, 1.54) is 11.3 Å². The van der Waals surface area contributed by atoms with E-state index in [-0.39, 0.29) is 12.0 Å². The van der Waals surface area contributed by atoms with Gasteiger partial charge in [0.1, 0.15) is 4.88 Å². The van der Waals surface area contributed by atoms with Crippen molar-refractivity contribution in [3.63, 3.8) is 0 Å². The van der Waals surface area contributed by atoms with Crippen LogP contribution in [0.4, 0.5) is 0 Å². The summed E-state index contributed by atoms with van der Waals surface area (Å²) in [5.74, 6) is 0.0486. The molecule has 1 aromatic carbocycles. The summed E-state index contributed by atoms with van der Waals surface area (Å²) in [6.07, 6.45) is 0.691. The predicted molar refractivity (Wildman–Crippen MR) is 87.7 cm³/mol. The maximum atomic E-state index is 12.6. The Kier molecular flexibility index (Phi) is 4.76. The Labute approximate surface area is 138 Å². The summed E-state index contributed by atoms with van der Waals surface area (Å²) in [7, 11) is 0. The third kappa shape index (κ3) is 3.32. The first-order chi connectivity index (χ1) is 10.6. The molecule has 1 atom stereocenters. The molecular formula is C16H17ClN2O2S. The van der Waals surface area contributed by atoms with Crippen molar-refractivity contribution in [1.82, 2.24) is 9.88 Å². The van der Waals surface area contributed by atoms with E-state index in [0.29, 0.717) is 26.1 Å². The van der Waals surface area contributed by atoms with Crippen molar-refractivity contribution in [2.24, 2.45) is 0 Å². The lowest BCUT2D eigenvalue weighted by Crippen LogP contribution is -2.46. The predicted octanol–water partition coefficient (Wildman–Crippen LogP) is 3.19. The average molecular weight is 337 g/mol. The van der Waals surface area contributed by atoms with Crippen LogP contribution >= 0.6 is 22.9 Å². The second-order valence-electron chi connectivity index (χ2n) is 5.31. The van der Waals surface area contributed by atoms with E-state index in [9.17, 15) is 4.79 Å². The number of hydrogen-bond donors (Lipinski definition) is 0. The summed E-state index contributed by atoms with van der Waals surface area (Å²) in [6.45, 7) is 3.63. The summed E-state index contributed by atoms with van der Waals surface area (Å²) < 4.78 is 5.80. The van der Waals surface area contributed by atoms with Crippen molar-refractivity contribution < 1.29 is 9.53 Å². The maximum Gasteiger partial charge on any atom is 0.266 e. The highest BCUT2D eigenvalue weighted by Crippen LogP contribution is 2.21. The number of carbonyl (C=O) groups excluding carboxylic acids is 1. The highest BCUT2D eigenvalue weighted by molar-refractivity contribution is 7.11. The van der Waals surface area contributed by atoms with Crippen LogP contribution < -0.4 is 0 Å². The van der Waals surface area contributed by atoms with Crippen LogP contribution in [0, 0.1) is 6.92 Å². The number of rotatable bonds is 3. The fourth-order valence-electron chi connectivity index (χ4n) is 2.59. The number of carbonyl (C=O) groups is 1. The van der Waals surface area contributed by atoms with Gasteiger partial charge in [-0.3, -0.25) is 4.79 Å². The Morgan fingerprint density at radius 1 is 1.50 bits per heavy atom. The molecule has 3 rings (SSSR count). The van der Waals surface area contributed by atoms with Crippen molar-refractivity contribution in [2.75, 3.05) is 19.7 Å². The van der Waals surface area contributed by atoms with Gasteiger partial charge in [0.25, 0.3) is 5.91 Å². The second-order valence-corrected chi connectivity index (χ2v) is 6.57. The molecule has 116 valence electrons. The lowest BCUT2D eigenvalue weighted by molar-refractivity contribution is -0.0206. The smallest absolute Gasteiger partial charge is 0.266 e.